The van der Waals surface area contributed by atoms with Gasteiger partial charge in [0.2, 0.25) is 6.29 Å². The first-order valence-electron chi connectivity index (χ1n) is 8.00. The Morgan fingerprint density at radius 2 is 1.79 bits per heavy atom. The maximum absolute atomic E-state index is 11.4. The third kappa shape index (κ3) is 4.47. The van der Waals surface area contributed by atoms with Crippen LogP contribution in [0.15, 0.2) is 18.2 Å². The number of aryl methyl sites for hydroxylation is 1. The van der Waals surface area contributed by atoms with Crippen molar-refractivity contribution < 1.29 is 28.5 Å². The van der Waals surface area contributed by atoms with E-state index in [1.165, 1.54) is 13.8 Å². The van der Waals surface area contributed by atoms with Crippen LogP contribution in [0.2, 0.25) is 0 Å². The van der Waals surface area contributed by atoms with Gasteiger partial charge in [0.05, 0.1) is 12.5 Å². The molecule has 0 spiro atoms. The summed E-state index contributed by atoms with van der Waals surface area (Å²) in [5.74, 6) is -0.155. The predicted molar refractivity (Wildman–Crippen MR) is 86.6 cm³/mol. The predicted octanol–water partition coefficient (Wildman–Crippen LogP) is 2.68. The second-order valence-corrected chi connectivity index (χ2v) is 6.04. The van der Waals surface area contributed by atoms with Crippen LogP contribution in [-0.2, 0) is 23.8 Å². The minimum absolute atomic E-state index is 0.287. The van der Waals surface area contributed by atoms with Crippen LogP contribution < -0.4 is 4.74 Å². The molecule has 24 heavy (non-hydrogen) atoms. The molecule has 2 unspecified atom stereocenters. The first-order valence-corrected chi connectivity index (χ1v) is 8.00. The molecule has 4 atom stereocenters. The van der Waals surface area contributed by atoms with Crippen LogP contribution in [0.3, 0.4) is 0 Å². The van der Waals surface area contributed by atoms with Gasteiger partial charge in [0.1, 0.15) is 11.9 Å². The highest BCUT2D eigenvalue weighted by Crippen LogP contribution is 2.29. The molecule has 1 saturated heterocycles. The minimum Gasteiger partial charge on any atom is -0.465 e. The number of hydrogen-bond donors (Lipinski definition) is 0. The van der Waals surface area contributed by atoms with E-state index in [9.17, 15) is 9.59 Å². The second kappa shape index (κ2) is 7.66. The number of rotatable bonds is 4. The molecule has 0 aliphatic carbocycles. The van der Waals surface area contributed by atoms with Crippen molar-refractivity contribution in [2.45, 2.75) is 65.6 Å². The number of esters is 2. The summed E-state index contributed by atoms with van der Waals surface area (Å²) >= 11 is 0. The van der Waals surface area contributed by atoms with Gasteiger partial charge in [0.15, 0.2) is 6.10 Å². The molecular weight excluding hydrogens is 312 g/mol. The van der Waals surface area contributed by atoms with Crippen LogP contribution in [0, 0.1) is 13.8 Å². The molecule has 0 amide bonds. The smallest absolute Gasteiger partial charge is 0.303 e. The van der Waals surface area contributed by atoms with E-state index in [0.29, 0.717) is 0 Å². The molecule has 1 aliphatic rings. The molecule has 6 heteroatoms. The zero-order valence-electron chi connectivity index (χ0n) is 14.7. The maximum Gasteiger partial charge on any atom is 0.303 e. The summed E-state index contributed by atoms with van der Waals surface area (Å²) in [6.07, 6.45) is -2.01. The molecule has 1 aliphatic heterocycles. The molecule has 0 N–H and O–H groups in total. The standard InChI is InChI=1S/C18H24O6/c1-10-7-6-8-15(11(10)2)24-17-9-16(22-13(4)19)18(12(3)21-17)23-14(5)20/h6-8,12,16-18H,9H2,1-5H3/t12?,16-,17+,18?/m1/s1. The lowest BCUT2D eigenvalue weighted by Crippen LogP contribution is -2.52. The van der Waals surface area contributed by atoms with Crippen LogP contribution in [-0.4, -0.2) is 36.5 Å². The Bertz CT molecular complexity index is 612. The number of ether oxygens (including phenoxy) is 4. The van der Waals surface area contributed by atoms with Crippen LogP contribution in [0.4, 0.5) is 0 Å². The van der Waals surface area contributed by atoms with E-state index in [-0.39, 0.29) is 6.42 Å². The molecule has 0 radical (unpaired) electrons. The van der Waals surface area contributed by atoms with Gasteiger partial charge in [-0.15, -0.1) is 0 Å². The van der Waals surface area contributed by atoms with Gasteiger partial charge in [0, 0.05) is 13.8 Å². The summed E-state index contributed by atoms with van der Waals surface area (Å²) in [5.41, 5.74) is 2.14. The summed E-state index contributed by atoms with van der Waals surface area (Å²) in [6, 6.07) is 5.79. The average molecular weight is 336 g/mol. The third-order valence-corrected chi connectivity index (χ3v) is 4.05. The summed E-state index contributed by atoms with van der Waals surface area (Å²) < 4.78 is 22.4. The van der Waals surface area contributed by atoms with Gasteiger partial charge < -0.3 is 18.9 Å². The first-order chi connectivity index (χ1) is 11.3. The minimum atomic E-state index is -0.648. The number of hydrogen-bond acceptors (Lipinski definition) is 6. The Labute approximate surface area is 142 Å². The van der Waals surface area contributed by atoms with Crippen molar-refractivity contribution in [3.05, 3.63) is 29.3 Å². The highest BCUT2D eigenvalue weighted by atomic mass is 16.7. The van der Waals surface area contributed by atoms with Crippen molar-refractivity contribution in [2.24, 2.45) is 0 Å². The maximum atomic E-state index is 11.4. The highest BCUT2D eigenvalue weighted by molar-refractivity contribution is 5.67. The molecule has 132 valence electrons. The number of carbonyl (C=O) groups excluding carboxylic acids is 2. The van der Waals surface area contributed by atoms with Crippen LogP contribution in [0.25, 0.3) is 0 Å². The van der Waals surface area contributed by atoms with Gasteiger partial charge in [-0.25, -0.2) is 0 Å². The van der Waals surface area contributed by atoms with E-state index in [2.05, 4.69) is 0 Å². The van der Waals surface area contributed by atoms with Crippen molar-refractivity contribution in [3.63, 3.8) is 0 Å². The van der Waals surface area contributed by atoms with Crippen molar-refractivity contribution >= 4 is 11.9 Å². The van der Waals surface area contributed by atoms with Gasteiger partial charge in [-0.1, -0.05) is 12.1 Å². The molecule has 0 saturated carbocycles. The SMILES string of the molecule is CC(=O)OC1C(C)O[C@@H](Oc2cccc(C)c2C)C[C@H]1OC(C)=O. The lowest BCUT2D eigenvalue weighted by molar-refractivity contribution is -0.234. The summed E-state index contributed by atoms with van der Waals surface area (Å²) in [7, 11) is 0. The normalized spacial score (nSPS) is 26.5. The number of benzene rings is 1. The Hall–Kier alpha value is -2.08. The largest absolute Gasteiger partial charge is 0.465 e. The Morgan fingerprint density at radius 3 is 2.42 bits per heavy atom. The van der Waals surface area contributed by atoms with Gasteiger partial charge in [-0.3, -0.25) is 9.59 Å². The molecule has 6 nitrogen and oxygen atoms in total. The van der Waals surface area contributed by atoms with E-state index < -0.39 is 36.5 Å². The van der Waals surface area contributed by atoms with Crippen LogP contribution in [0.1, 0.15) is 38.3 Å². The fraction of sp³-hybridized carbons (Fsp3) is 0.556. The summed E-state index contributed by atoms with van der Waals surface area (Å²) in [5, 5.41) is 0. The molecular formula is C18H24O6. The zero-order chi connectivity index (χ0) is 17.9. The van der Waals surface area contributed by atoms with Gasteiger partial charge in [0.25, 0.3) is 0 Å². The number of carbonyl (C=O) groups is 2. The van der Waals surface area contributed by atoms with Crippen molar-refractivity contribution in [2.75, 3.05) is 0 Å². The lowest BCUT2D eigenvalue weighted by atomic mass is 10.0. The molecule has 2 rings (SSSR count). The monoisotopic (exact) mass is 336 g/mol. The zero-order valence-corrected chi connectivity index (χ0v) is 14.7. The average Bonchev–Trinajstić information content (AvgIpc) is 2.47. The van der Waals surface area contributed by atoms with Crippen molar-refractivity contribution in [3.8, 4) is 5.75 Å². The Kier molecular flexibility index (Phi) is 5.83. The van der Waals surface area contributed by atoms with E-state index in [0.717, 1.165) is 16.9 Å². The first kappa shape index (κ1) is 18.3. The lowest BCUT2D eigenvalue weighted by Gasteiger charge is -2.39. The van der Waals surface area contributed by atoms with Gasteiger partial charge in [-0.05, 0) is 38.0 Å². The van der Waals surface area contributed by atoms with E-state index in [1.807, 2.05) is 32.0 Å². The molecule has 0 aromatic heterocycles. The third-order valence-electron chi connectivity index (χ3n) is 4.05. The molecule has 1 fully saturated rings. The second-order valence-electron chi connectivity index (χ2n) is 6.04. The van der Waals surface area contributed by atoms with Crippen molar-refractivity contribution in [1.82, 2.24) is 0 Å². The van der Waals surface area contributed by atoms with E-state index in [4.69, 9.17) is 18.9 Å². The van der Waals surface area contributed by atoms with Crippen LogP contribution in [0.5, 0.6) is 5.75 Å². The van der Waals surface area contributed by atoms with Crippen molar-refractivity contribution in [1.29, 1.82) is 0 Å². The quantitative estimate of drug-likeness (QED) is 0.787. The molecule has 1 aromatic rings. The Morgan fingerprint density at radius 1 is 1.12 bits per heavy atom. The molecule has 1 heterocycles. The summed E-state index contributed by atoms with van der Waals surface area (Å²) in [4.78, 5) is 22.7. The molecule has 1 aromatic carbocycles. The van der Waals surface area contributed by atoms with Crippen LogP contribution >= 0.6 is 0 Å². The fourth-order valence-electron chi connectivity index (χ4n) is 2.76. The summed E-state index contributed by atoms with van der Waals surface area (Å²) in [6.45, 7) is 8.39. The topological polar surface area (TPSA) is 71.1 Å². The van der Waals surface area contributed by atoms with Gasteiger partial charge in [-0.2, -0.15) is 0 Å². The molecule has 0 bridgehead atoms. The fourth-order valence-corrected chi connectivity index (χ4v) is 2.76. The van der Waals surface area contributed by atoms with E-state index in [1.54, 1.807) is 6.92 Å². The highest BCUT2D eigenvalue weighted by Gasteiger charge is 2.41. The Balaban J connectivity index is 2.14. The van der Waals surface area contributed by atoms with E-state index >= 15 is 0 Å². The van der Waals surface area contributed by atoms with Gasteiger partial charge >= 0.3 is 11.9 Å².